The number of carbonyl (C=O) groups excluding carboxylic acids is 3. The predicted octanol–water partition coefficient (Wildman–Crippen LogP) is 6.00. The third-order valence-corrected chi connectivity index (χ3v) is 13.6. The number of hydrogen-bond donors (Lipinski definition) is 2. The van der Waals surface area contributed by atoms with Crippen LogP contribution in [0.15, 0.2) is 42.9 Å². The molecule has 2 aliphatic carbocycles. The highest BCUT2D eigenvalue weighted by Gasteiger charge is 2.37. The molecule has 3 saturated heterocycles. The van der Waals surface area contributed by atoms with Crippen molar-refractivity contribution in [3.8, 4) is 11.8 Å². The molecule has 3 aliphatic heterocycles. The van der Waals surface area contributed by atoms with Crippen LogP contribution in [0.25, 0.3) is 16.6 Å². The Bertz CT molecular complexity index is 2720. The van der Waals surface area contributed by atoms with Crippen molar-refractivity contribution in [2.24, 2.45) is 5.92 Å². The van der Waals surface area contributed by atoms with Crippen LogP contribution in [0, 0.1) is 17.8 Å². The van der Waals surface area contributed by atoms with Gasteiger partial charge < -0.3 is 19.7 Å². The number of morpholine rings is 1. The van der Waals surface area contributed by atoms with Crippen LogP contribution in [0.1, 0.15) is 110 Å². The smallest absolute Gasteiger partial charge is 0.284 e. The zero-order chi connectivity index (χ0) is 46.3. The van der Waals surface area contributed by atoms with Crippen LogP contribution in [-0.2, 0) is 19.1 Å². The molecule has 0 bridgehead atoms. The minimum absolute atomic E-state index is 0.0141. The molecule has 5 aliphatic rings. The molecule has 5 fully saturated rings. The summed E-state index contributed by atoms with van der Waals surface area (Å²) in [7, 11) is 0. The molecule has 21 heteroatoms. The molecule has 3 amide bonds. The molecule has 4 aromatic heterocycles. The zero-order valence-electron chi connectivity index (χ0n) is 36.5. The number of hydrogen-bond acceptors (Lipinski definition) is 11. The van der Waals surface area contributed by atoms with Crippen LogP contribution in [0.5, 0.6) is 0 Å². The number of nitrogens with one attached hydrogen (secondary N) is 2. The number of para-hydroxylation sites is 1. The number of imide groups is 1. The van der Waals surface area contributed by atoms with Gasteiger partial charge in [0.05, 0.1) is 65.9 Å². The number of alkyl halides is 5. The van der Waals surface area contributed by atoms with Gasteiger partial charge in [-0.3, -0.25) is 34.0 Å². The van der Waals surface area contributed by atoms with E-state index in [0.29, 0.717) is 56.8 Å². The van der Waals surface area contributed by atoms with Crippen LogP contribution >= 0.6 is 0 Å². The van der Waals surface area contributed by atoms with E-state index < -0.39 is 48.7 Å². The molecule has 0 radical (unpaired) electrons. The van der Waals surface area contributed by atoms with Crippen molar-refractivity contribution in [2.45, 2.75) is 107 Å². The molecular formula is C46H50F5N11O5. The number of amides is 3. The zero-order valence-corrected chi connectivity index (χ0v) is 36.5. The van der Waals surface area contributed by atoms with E-state index in [-0.39, 0.29) is 79.4 Å². The standard InChI is InChI=1S/C46H50F5N11O5/c47-33-23-58(16-14-35(33)66-19-2-4-27-3-1-5-30-39(31-12-13-38(63)55-45(31)64)57-62(41(27)30)29-10-11-29)22-26-6-8-28(9-7-26)61-24-34(40(56-61)43(50)51)53-46(65)32-21-52-60-17-15-37(54-44(32)60)59-18-20-67-36(25-59)42(48)49/h1,3,5,15,17,21,24,26,28-29,31,33,35-36,42-43H,6-14,16,18-20,22-23,25H2,(H,53,65)(H,55,63,64)/t26?,28?,31?,33-,35+,36+/m0/s1. The van der Waals surface area contributed by atoms with Gasteiger partial charge in [0.2, 0.25) is 11.8 Å². The molecule has 1 aromatic carbocycles. The SMILES string of the molecule is O=C1CCC(c2nn(C3CC3)c3c(C#CCO[C@@H]4CCN(CC5CCC(n6cc(NC(=O)c7cnn8ccc(N9CCO[C@@H](C(F)F)C9)nc78)c(C(F)F)n6)CC5)C[C@@H]4F)cccc23)C(=O)N1. The maximum absolute atomic E-state index is 15.6. The van der Waals surface area contributed by atoms with Crippen LogP contribution in [-0.4, -0.2) is 128 Å². The number of likely N-dealkylation sites (tertiary alicyclic amines) is 1. The molecule has 0 spiro atoms. The maximum Gasteiger partial charge on any atom is 0.284 e. The molecule has 67 heavy (non-hydrogen) atoms. The summed E-state index contributed by atoms with van der Waals surface area (Å²) < 4.78 is 86.8. The quantitative estimate of drug-likeness (QED) is 0.0856. The van der Waals surface area contributed by atoms with Crippen LogP contribution in [0.4, 0.5) is 33.5 Å². The van der Waals surface area contributed by atoms with Gasteiger partial charge in [-0.15, -0.1) is 0 Å². The molecule has 7 heterocycles. The highest BCUT2D eigenvalue weighted by molar-refractivity contribution is 6.08. The van der Waals surface area contributed by atoms with Crippen molar-refractivity contribution in [3.05, 3.63) is 65.4 Å². The van der Waals surface area contributed by atoms with Gasteiger partial charge in [0.25, 0.3) is 18.8 Å². The normalized spacial score (nSPS) is 25.2. The number of benzene rings is 1. The van der Waals surface area contributed by atoms with E-state index in [1.807, 2.05) is 22.9 Å². The second-order valence-electron chi connectivity index (χ2n) is 18.1. The van der Waals surface area contributed by atoms with E-state index in [9.17, 15) is 31.9 Å². The first kappa shape index (κ1) is 44.8. The Morgan fingerprint density at radius 1 is 0.985 bits per heavy atom. The number of nitrogens with zero attached hydrogens (tertiary/aromatic N) is 9. The van der Waals surface area contributed by atoms with Gasteiger partial charge in [-0.1, -0.05) is 24.0 Å². The number of piperidine rings is 2. The van der Waals surface area contributed by atoms with Gasteiger partial charge in [-0.05, 0) is 69.4 Å². The summed E-state index contributed by atoms with van der Waals surface area (Å²) in [5.74, 6) is 5.08. The average Bonchev–Trinajstić information content (AvgIpc) is 3.74. The number of anilines is 2. The van der Waals surface area contributed by atoms with E-state index in [1.54, 1.807) is 17.2 Å². The van der Waals surface area contributed by atoms with Crippen LogP contribution in [0.2, 0.25) is 0 Å². The monoisotopic (exact) mass is 931 g/mol. The van der Waals surface area contributed by atoms with Crippen molar-refractivity contribution < 1.29 is 45.8 Å². The van der Waals surface area contributed by atoms with E-state index in [0.717, 1.165) is 42.1 Å². The van der Waals surface area contributed by atoms with E-state index in [2.05, 4.69) is 42.6 Å². The minimum atomic E-state index is -2.96. The average molecular weight is 932 g/mol. The fourth-order valence-electron chi connectivity index (χ4n) is 9.92. The Morgan fingerprint density at radius 3 is 2.57 bits per heavy atom. The van der Waals surface area contributed by atoms with Gasteiger partial charge in [0, 0.05) is 50.4 Å². The summed E-state index contributed by atoms with van der Waals surface area (Å²) in [5, 5.41) is 19.1. The lowest BCUT2D eigenvalue weighted by Crippen LogP contribution is -2.47. The number of fused-ring (bicyclic) bond motifs is 2. The van der Waals surface area contributed by atoms with Crippen molar-refractivity contribution in [3.63, 3.8) is 0 Å². The van der Waals surface area contributed by atoms with Gasteiger partial charge in [0.1, 0.15) is 30.3 Å². The lowest BCUT2D eigenvalue weighted by molar-refractivity contribution is -0.134. The van der Waals surface area contributed by atoms with Crippen molar-refractivity contribution >= 4 is 45.8 Å². The number of aromatic nitrogens is 7. The first-order valence-electron chi connectivity index (χ1n) is 23.0. The van der Waals surface area contributed by atoms with Crippen LogP contribution in [0.3, 0.4) is 0 Å². The Kier molecular flexibility index (Phi) is 12.7. The molecule has 5 aromatic rings. The highest BCUT2D eigenvalue weighted by Crippen LogP contribution is 2.41. The van der Waals surface area contributed by atoms with Crippen molar-refractivity contribution in [1.82, 2.24) is 44.4 Å². The Hall–Kier alpha value is -5.98. The van der Waals surface area contributed by atoms with Crippen molar-refractivity contribution in [1.29, 1.82) is 0 Å². The number of halogens is 5. The predicted molar refractivity (Wildman–Crippen MR) is 233 cm³/mol. The molecule has 1 unspecified atom stereocenters. The lowest BCUT2D eigenvalue weighted by atomic mass is 9.85. The third-order valence-electron chi connectivity index (χ3n) is 13.6. The highest BCUT2D eigenvalue weighted by atomic mass is 19.3. The summed E-state index contributed by atoms with van der Waals surface area (Å²) in [6.07, 6.45) is 1.61. The summed E-state index contributed by atoms with van der Waals surface area (Å²) >= 11 is 0. The number of carbonyl (C=O) groups is 3. The number of rotatable bonds is 12. The molecule has 2 N–H and O–H groups in total. The summed E-state index contributed by atoms with van der Waals surface area (Å²) in [4.78, 5) is 46.3. The Labute approximate surface area is 381 Å². The largest absolute Gasteiger partial charge is 0.369 e. The topological polar surface area (TPSA) is 166 Å². The summed E-state index contributed by atoms with van der Waals surface area (Å²) in [5.41, 5.74) is 1.72. The van der Waals surface area contributed by atoms with Gasteiger partial charge in [-0.25, -0.2) is 31.5 Å². The van der Waals surface area contributed by atoms with Crippen LogP contribution < -0.4 is 15.5 Å². The summed E-state index contributed by atoms with van der Waals surface area (Å²) in [6.45, 7) is 1.97. The molecule has 10 rings (SSSR count). The van der Waals surface area contributed by atoms with E-state index in [4.69, 9.17) is 14.6 Å². The fourth-order valence-corrected chi connectivity index (χ4v) is 9.92. The maximum atomic E-state index is 15.6. The Balaban J connectivity index is 0.712. The summed E-state index contributed by atoms with van der Waals surface area (Å²) in [6, 6.07) is 7.38. The van der Waals surface area contributed by atoms with Crippen molar-refractivity contribution in [2.75, 3.05) is 56.2 Å². The van der Waals surface area contributed by atoms with E-state index in [1.165, 1.54) is 21.6 Å². The fraction of sp³-hybridized carbons (Fsp3) is 0.543. The minimum Gasteiger partial charge on any atom is -0.369 e. The Morgan fingerprint density at radius 2 is 1.81 bits per heavy atom. The second kappa shape index (κ2) is 19.0. The van der Waals surface area contributed by atoms with E-state index >= 15 is 4.39 Å². The first-order chi connectivity index (χ1) is 32.5. The van der Waals surface area contributed by atoms with Gasteiger partial charge in [-0.2, -0.15) is 15.3 Å². The molecule has 354 valence electrons. The van der Waals surface area contributed by atoms with Gasteiger partial charge in [0.15, 0.2) is 11.3 Å². The van der Waals surface area contributed by atoms with Gasteiger partial charge >= 0.3 is 0 Å². The molecular weight excluding hydrogens is 882 g/mol. The third kappa shape index (κ3) is 9.48. The second-order valence-corrected chi connectivity index (χ2v) is 18.1. The molecule has 2 saturated carbocycles. The first-order valence-corrected chi connectivity index (χ1v) is 23.0. The molecule has 16 nitrogen and oxygen atoms in total. The molecule has 4 atom stereocenters. The lowest BCUT2D eigenvalue weighted by Gasteiger charge is -2.38. The number of ether oxygens (including phenoxy) is 2.